The fourth-order valence-electron chi connectivity index (χ4n) is 2.91. The van der Waals surface area contributed by atoms with E-state index in [9.17, 15) is 4.79 Å². The molecule has 110 valence electrons. The van der Waals surface area contributed by atoms with Crippen molar-refractivity contribution >= 4 is 17.3 Å². The average molecular weight is 276 g/mol. The summed E-state index contributed by atoms with van der Waals surface area (Å²) >= 11 is 0. The molecule has 0 radical (unpaired) electrons. The van der Waals surface area contributed by atoms with E-state index >= 15 is 0 Å². The molecular weight excluding hydrogens is 252 g/mol. The van der Waals surface area contributed by atoms with Gasteiger partial charge in [0.15, 0.2) is 0 Å². The van der Waals surface area contributed by atoms with Crippen LogP contribution in [0.1, 0.15) is 39.5 Å². The summed E-state index contributed by atoms with van der Waals surface area (Å²) in [4.78, 5) is 11.1. The number of hydrogen-bond acceptors (Lipinski definition) is 3. The third kappa shape index (κ3) is 3.65. The number of carbonyl (C=O) groups excluding carboxylic acids is 1. The highest BCUT2D eigenvalue weighted by Crippen LogP contribution is 2.32. The van der Waals surface area contributed by atoms with Crippen molar-refractivity contribution < 1.29 is 9.53 Å². The highest BCUT2D eigenvalue weighted by atomic mass is 16.5. The van der Waals surface area contributed by atoms with Crippen molar-refractivity contribution in [1.82, 2.24) is 0 Å². The molecule has 20 heavy (non-hydrogen) atoms. The van der Waals surface area contributed by atoms with Gasteiger partial charge < -0.3 is 15.4 Å². The molecule has 4 nitrogen and oxygen atoms in total. The van der Waals surface area contributed by atoms with E-state index in [1.807, 2.05) is 18.2 Å². The molecule has 1 atom stereocenters. The van der Waals surface area contributed by atoms with Crippen molar-refractivity contribution in [2.75, 3.05) is 17.7 Å². The first-order chi connectivity index (χ1) is 9.60. The average Bonchev–Trinajstić information content (AvgIpc) is 2.94. The first-order valence-corrected chi connectivity index (χ1v) is 7.32. The summed E-state index contributed by atoms with van der Waals surface area (Å²) in [5.41, 5.74) is 1.74. The number of ether oxygens (including phenoxy) is 1. The van der Waals surface area contributed by atoms with Crippen molar-refractivity contribution in [3.8, 4) is 5.75 Å². The van der Waals surface area contributed by atoms with Crippen LogP contribution in [-0.4, -0.2) is 19.1 Å². The van der Waals surface area contributed by atoms with Crippen LogP contribution in [0.4, 0.5) is 11.4 Å². The first kappa shape index (κ1) is 14.7. The molecular formula is C16H24N2O2. The zero-order chi connectivity index (χ0) is 14.5. The Balaban J connectivity index is 2.06. The number of rotatable bonds is 5. The van der Waals surface area contributed by atoms with Gasteiger partial charge in [0, 0.05) is 24.7 Å². The lowest BCUT2D eigenvalue weighted by Crippen LogP contribution is -2.23. The van der Waals surface area contributed by atoms with E-state index in [1.54, 1.807) is 7.11 Å². The van der Waals surface area contributed by atoms with Crippen LogP contribution in [0.3, 0.4) is 0 Å². The van der Waals surface area contributed by atoms with E-state index in [0.717, 1.165) is 11.6 Å². The van der Waals surface area contributed by atoms with Gasteiger partial charge >= 0.3 is 0 Å². The van der Waals surface area contributed by atoms with Gasteiger partial charge in [-0.3, -0.25) is 4.79 Å². The maximum absolute atomic E-state index is 11.1. The first-order valence-electron chi connectivity index (χ1n) is 7.32. The van der Waals surface area contributed by atoms with Crippen molar-refractivity contribution in [2.24, 2.45) is 5.92 Å². The van der Waals surface area contributed by atoms with Crippen LogP contribution in [0.15, 0.2) is 18.2 Å². The van der Waals surface area contributed by atoms with Crippen LogP contribution in [0, 0.1) is 5.92 Å². The summed E-state index contributed by atoms with van der Waals surface area (Å²) < 4.78 is 5.34. The van der Waals surface area contributed by atoms with Crippen LogP contribution in [-0.2, 0) is 4.79 Å². The molecule has 1 aliphatic carbocycles. The normalized spacial score (nSPS) is 16.8. The van der Waals surface area contributed by atoms with Gasteiger partial charge in [-0.15, -0.1) is 0 Å². The van der Waals surface area contributed by atoms with E-state index in [4.69, 9.17) is 4.74 Å². The molecule has 0 heterocycles. The van der Waals surface area contributed by atoms with Gasteiger partial charge in [-0.25, -0.2) is 0 Å². The highest BCUT2D eigenvalue weighted by molar-refractivity contribution is 5.90. The Kier molecular flexibility index (Phi) is 4.88. The van der Waals surface area contributed by atoms with Gasteiger partial charge in [0.05, 0.1) is 12.8 Å². The summed E-state index contributed by atoms with van der Waals surface area (Å²) in [7, 11) is 1.62. The molecule has 0 saturated heterocycles. The molecule has 0 aliphatic heterocycles. The third-order valence-electron chi connectivity index (χ3n) is 4.01. The monoisotopic (exact) mass is 276 g/mol. The standard InChI is InChI=1S/C16H24N2O2/c1-11(13-6-4-5-7-13)17-14-8-9-15(18-12(2)19)16(10-14)20-3/h8-11,13,17H,4-7H2,1-3H3,(H,18,19). The minimum absolute atomic E-state index is 0.0941. The van der Waals surface area contributed by atoms with E-state index in [-0.39, 0.29) is 5.91 Å². The third-order valence-corrected chi connectivity index (χ3v) is 4.01. The predicted octanol–water partition coefficient (Wildman–Crippen LogP) is 3.64. The van der Waals surface area contributed by atoms with Crippen LogP contribution in [0.5, 0.6) is 5.75 Å². The van der Waals surface area contributed by atoms with Crippen LogP contribution in [0.25, 0.3) is 0 Å². The molecule has 2 N–H and O–H groups in total. The van der Waals surface area contributed by atoms with Crippen LogP contribution in [0.2, 0.25) is 0 Å². The Morgan fingerprint density at radius 2 is 2.05 bits per heavy atom. The Morgan fingerprint density at radius 1 is 1.35 bits per heavy atom. The van der Waals surface area contributed by atoms with Gasteiger partial charge in [-0.1, -0.05) is 12.8 Å². The van der Waals surface area contributed by atoms with Gasteiger partial charge in [0.2, 0.25) is 5.91 Å². The quantitative estimate of drug-likeness (QED) is 0.863. The largest absolute Gasteiger partial charge is 0.494 e. The van der Waals surface area contributed by atoms with Crippen molar-refractivity contribution in [1.29, 1.82) is 0 Å². The maximum Gasteiger partial charge on any atom is 0.221 e. The topological polar surface area (TPSA) is 50.4 Å². The second kappa shape index (κ2) is 6.64. The molecule has 1 saturated carbocycles. The number of hydrogen-bond donors (Lipinski definition) is 2. The fraction of sp³-hybridized carbons (Fsp3) is 0.562. The molecule has 0 bridgehead atoms. The van der Waals surface area contributed by atoms with Gasteiger partial charge in [-0.05, 0) is 37.8 Å². The Bertz CT molecular complexity index is 468. The maximum atomic E-state index is 11.1. The van der Waals surface area contributed by atoms with E-state index < -0.39 is 0 Å². The number of benzene rings is 1. The van der Waals surface area contributed by atoms with Crippen molar-refractivity contribution in [3.63, 3.8) is 0 Å². The van der Waals surface area contributed by atoms with Crippen LogP contribution < -0.4 is 15.4 Å². The van der Waals surface area contributed by atoms with E-state index in [0.29, 0.717) is 17.5 Å². The van der Waals surface area contributed by atoms with E-state index in [1.165, 1.54) is 32.6 Å². The molecule has 1 fully saturated rings. The lowest BCUT2D eigenvalue weighted by atomic mass is 9.99. The molecule has 0 aromatic heterocycles. The minimum Gasteiger partial charge on any atom is -0.494 e. The van der Waals surface area contributed by atoms with Gasteiger partial charge in [0.1, 0.15) is 5.75 Å². The second-order valence-corrected chi connectivity index (χ2v) is 5.57. The Hall–Kier alpha value is -1.71. The summed E-state index contributed by atoms with van der Waals surface area (Å²) in [6, 6.07) is 6.27. The number of amides is 1. The molecule has 1 aromatic carbocycles. The SMILES string of the molecule is COc1cc(NC(C)C2CCCC2)ccc1NC(C)=O. The minimum atomic E-state index is -0.0941. The van der Waals surface area contributed by atoms with Crippen LogP contribution >= 0.6 is 0 Å². The smallest absolute Gasteiger partial charge is 0.221 e. The summed E-state index contributed by atoms with van der Waals surface area (Å²) in [6.07, 6.45) is 5.33. The molecule has 0 spiro atoms. The zero-order valence-electron chi connectivity index (χ0n) is 12.5. The molecule has 2 rings (SSSR count). The molecule has 4 heteroatoms. The highest BCUT2D eigenvalue weighted by Gasteiger charge is 2.21. The number of anilines is 2. The molecule has 1 amide bonds. The fourth-order valence-corrected chi connectivity index (χ4v) is 2.91. The Morgan fingerprint density at radius 3 is 2.65 bits per heavy atom. The lowest BCUT2D eigenvalue weighted by molar-refractivity contribution is -0.114. The second-order valence-electron chi connectivity index (χ2n) is 5.57. The molecule has 1 aliphatic rings. The number of methoxy groups -OCH3 is 1. The van der Waals surface area contributed by atoms with E-state index in [2.05, 4.69) is 17.6 Å². The lowest BCUT2D eigenvalue weighted by Gasteiger charge is -2.22. The number of nitrogens with one attached hydrogen (secondary N) is 2. The predicted molar refractivity (Wildman–Crippen MR) is 82.3 cm³/mol. The van der Waals surface area contributed by atoms with Crippen molar-refractivity contribution in [3.05, 3.63) is 18.2 Å². The Labute approximate surface area is 120 Å². The summed E-state index contributed by atoms with van der Waals surface area (Å²) in [6.45, 7) is 3.73. The van der Waals surface area contributed by atoms with Gasteiger partial charge in [-0.2, -0.15) is 0 Å². The van der Waals surface area contributed by atoms with Crippen molar-refractivity contribution in [2.45, 2.75) is 45.6 Å². The molecule has 1 unspecified atom stereocenters. The summed E-state index contributed by atoms with van der Waals surface area (Å²) in [5, 5.41) is 6.31. The zero-order valence-corrected chi connectivity index (χ0v) is 12.5. The summed E-state index contributed by atoms with van der Waals surface area (Å²) in [5.74, 6) is 1.35. The van der Waals surface area contributed by atoms with Gasteiger partial charge in [0.25, 0.3) is 0 Å². The molecule has 1 aromatic rings. The number of carbonyl (C=O) groups is 1.